The van der Waals surface area contributed by atoms with Crippen molar-refractivity contribution in [3.63, 3.8) is 0 Å². The van der Waals surface area contributed by atoms with Crippen LogP contribution in [0, 0.1) is 5.82 Å². The van der Waals surface area contributed by atoms with Crippen LogP contribution in [0.2, 0.25) is 0 Å². The number of carboxylic acid groups (broad SMARTS) is 1. The number of benzene rings is 1. The summed E-state index contributed by atoms with van der Waals surface area (Å²) in [4.78, 5) is 17.6. The third-order valence-corrected chi connectivity index (χ3v) is 4.65. The summed E-state index contributed by atoms with van der Waals surface area (Å²) in [5.74, 6) is -0.666. The molecule has 1 aliphatic rings. The number of carbonyl (C=O) groups is 1. The Hall–Kier alpha value is -3.26. The summed E-state index contributed by atoms with van der Waals surface area (Å²) < 4.78 is 13.3. The molecule has 7 nitrogen and oxygen atoms in total. The summed E-state index contributed by atoms with van der Waals surface area (Å²) in [6.45, 7) is 1.52. The number of anilines is 1. The molecule has 27 heavy (non-hydrogen) atoms. The first-order valence-corrected chi connectivity index (χ1v) is 8.60. The van der Waals surface area contributed by atoms with Gasteiger partial charge in [0.1, 0.15) is 11.9 Å². The SMILES string of the molecule is O=C(O)C1CNCCN1c1n[nH]c(-c2ccc(F)cc2)c1-c1ccncc1. The topological polar surface area (TPSA) is 94.1 Å². The van der Waals surface area contributed by atoms with Gasteiger partial charge in [-0.25, -0.2) is 9.18 Å². The van der Waals surface area contributed by atoms with E-state index in [0.717, 1.165) is 16.7 Å². The van der Waals surface area contributed by atoms with Gasteiger partial charge in [-0.1, -0.05) is 0 Å². The predicted molar refractivity (Wildman–Crippen MR) is 98.9 cm³/mol. The van der Waals surface area contributed by atoms with Crippen LogP contribution in [0.1, 0.15) is 0 Å². The minimum Gasteiger partial charge on any atom is -0.480 e. The van der Waals surface area contributed by atoms with Crippen LogP contribution in [0.25, 0.3) is 22.4 Å². The summed E-state index contributed by atoms with van der Waals surface area (Å²) >= 11 is 0. The molecular formula is C19H18FN5O2. The summed E-state index contributed by atoms with van der Waals surface area (Å²) in [6.07, 6.45) is 3.35. The van der Waals surface area contributed by atoms with E-state index in [1.807, 2.05) is 12.1 Å². The lowest BCUT2D eigenvalue weighted by Gasteiger charge is -2.34. The molecule has 3 aromatic rings. The maximum atomic E-state index is 13.3. The Morgan fingerprint density at radius 3 is 2.59 bits per heavy atom. The number of aliphatic carboxylic acids is 1. The highest BCUT2D eigenvalue weighted by atomic mass is 19.1. The normalized spacial score (nSPS) is 17.1. The average molecular weight is 367 g/mol. The zero-order valence-corrected chi connectivity index (χ0v) is 14.4. The fourth-order valence-corrected chi connectivity index (χ4v) is 3.34. The number of nitrogens with zero attached hydrogens (tertiary/aromatic N) is 3. The third kappa shape index (κ3) is 3.26. The summed E-state index contributed by atoms with van der Waals surface area (Å²) in [5, 5.41) is 20.2. The first-order chi connectivity index (χ1) is 13.1. The third-order valence-electron chi connectivity index (χ3n) is 4.65. The molecule has 1 atom stereocenters. The average Bonchev–Trinajstić information content (AvgIpc) is 3.14. The smallest absolute Gasteiger partial charge is 0.327 e. The van der Waals surface area contributed by atoms with E-state index in [9.17, 15) is 14.3 Å². The number of aromatic nitrogens is 3. The molecule has 1 unspecified atom stereocenters. The second-order valence-electron chi connectivity index (χ2n) is 6.29. The summed E-state index contributed by atoms with van der Waals surface area (Å²) in [7, 11) is 0. The molecule has 0 radical (unpaired) electrons. The van der Waals surface area contributed by atoms with Crippen LogP contribution in [-0.4, -0.2) is 51.9 Å². The molecule has 1 saturated heterocycles. The van der Waals surface area contributed by atoms with Crippen LogP contribution >= 0.6 is 0 Å². The molecule has 0 amide bonds. The fourth-order valence-electron chi connectivity index (χ4n) is 3.34. The van der Waals surface area contributed by atoms with Crippen molar-refractivity contribution in [2.75, 3.05) is 24.5 Å². The summed E-state index contributed by atoms with van der Waals surface area (Å²) in [6, 6.07) is 9.09. The standard InChI is InChI=1S/C19H18FN5O2/c20-14-3-1-13(2-4-14)17-16(12-5-7-21-8-6-12)18(24-23-17)25-10-9-22-11-15(25)19(26)27/h1-8,15,22H,9-11H2,(H,23,24)(H,26,27). The van der Waals surface area contributed by atoms with Gasteiger partial charge in [-0.05, 0) is 42.0 Å². The number of piperazine rings is 1. The molecule has 138 valence electrons. The number of nitrogens with one attached hydrogen (secondary N) is 2. The van der Waals surface area contributed by atoms with Crippen LogP contribution in [0.5, 0.6) is 0 Å². The van der Waals surface area contributed by atoms with Crippen molar-refractivity contribution >= 4 is 11.8 Å². The molecule has 2 aromatic heterocycles. The van der Waals surface area contributed by atoms with E-state index in [-0.39, 0.29) is 5.82 Å². The van der Waals surface area contributed by atoms with E-state index < -0.39 is 12.0 Å². The minimum absolute atomic E-state index is 0.322. The first-order valence-electron chi connectivity index (χ1n) is 8.60. The molecule has 1 aromatic carbocycles. The lowest BCUT2D eigenvalue weighted by Crippen LogP contribution is -2.55. The van der Waals surface area contributed by atoms with Gasteiger partial charge in [0.05, 0.1) is 11.3 Å². The van der Waals surface area contributed by atoms with Crippen molar-refractivity contribution in [3.8, 4) is 22.4 Å². The highest BCUT2D eigenvalue weighted by Gasteiger charge is 2.32. The highest BCUT2D eigenvalue weighted by Crippen LogP contribution is 2.38. The molecule has 1 aliphatic heterocycles. The van der Waals surface area contributed by atoms with Crippen molar-refractivity contribution in [1.29, 1.82) is 0 Å². The van der Waals surface area contributed by atoms with Crippen molar-refractivity contribution in [2.24, 2.45) is 0 Å². The molecule has 8 heteroatoms. The van der Waals surface area contributed by atoms with E-state index in [0.29, 0.717) is 31.1 Å². The molecule has 3 N–H and O–H groups in total. The van der Waals surface area contributed by atoms with Crippen molar-refractivity contribution < 1.29 is 14.3 Å². The van der Waals surface area contributed by atoms with Crippen molar-refractivity contribution in [3.05, 3.63) is 54.6 Å². The Bertz CT molecular complexity index is 942. The Labute approximate surface area is 154 Å². The van der Waals surface area contributed by atoms with Crippen LogP contribution in [-0.2, 0) is 4.79 Å². The van der Waals surface area contributed by atoms with E-state index in [1.54, 1.807) is 29.4 Å². The van der Waals surface area contributed by atoms with Crippen LogP contribution in [0.4, 0.5) is 10.2 Å². The van der Waals surface area contributed by atoms with Gasteiger partial charge in [0.25, 0.3) is 0 Å². The first kappa shape index (κ1) is 17.2. The van der Waals surface area contributed by atoms with E-state index in [4.69, 9.17) is 0 Å². The van der Waals surface area contributed by atoms with Gasteiger partial charge >= 0.3 is 5.97 Å². The quantitative estimate of drug-likeness (QED) is 0.654. The molecular weight excluding hydrogens is 349 g/mol. The van der Waals surface area contributed by atoms with Gasteiger partial charge in [-0.3, -0.25) is 10.1 Å². The number of aromatic amines is 1. The number of rotatable bonds is 4. The Kier molecular flexibility index (Phi) is 4.55. The van der Waals surface area contributed by atoms with Gasteiger partial charge in [-0.2, -0.15) is 5.10 Å². The number of halogens is 1. The summed E-state index contributed by atoms with van der Waals surface area (Å²) in [5.41, 5.74) is 3.11. The largest absolute Gasteiger partial charge is 0.480 e. The van der Waals surface area contributed by atoms with Crippen LogP contribution < -0.4 is 10.2 Å². The number of pyridine rings is 1. The number of hydrogen-bond donors (Lipinski definition) is 3. The lowest BCUT2D eigenvalue weighted by atomic mass is 10.0. The fraction of sp³-hybridized carbons (Fsp3) is 0.211. The number of H-pyrrole nitrogens is 1. The zero-order chi connectivity index (χ0) is 18.8. The molecule has 1 fully saturated rings. The predicted octanol–water partition coefficient (Wildman–Crippen LogP) is 2.14. The Morgan fingerprint density at radius 1 is 1.15 bits per heavy atom. The second-order valence-corrected chi connectivity index (χ2v) is 6.29. The maximum absolute atomic E-state index is 13.3. The maximum Gasteiger partial charge on any atom is 0.327 e. The molecule has 0 saturated carbocycles. The molecule has 0 bridgehead atoms. The molecule has 0 spiro atoms. The van der Waals surface area contributed by atoms with Crippen LogP contribution in [0.15, 0.2) is 48.8 Å². The van der Waals surface area contributed by atoms with E-state index >= 15 is 0 Å². The van der Waals surface area contributed by atoms with Crippen molar-refractivity contribution in [2.45, 2.75) is 6.04 Å². The Morgan fingerprint density at radius 2 is 1.89 bits per heavy atom. The van der Waals surface area contributed by atoms with Gasteiger partial charge < -0.3 is 15.3 Å². The number of carboxylic acids is 1. The molecule has 3 heterocycles. The Balaban J connectivity index is 1.87. The van der Waals surface area contributed by atoms with E-state index in [2.05, 4.69) is 20.5 Å². The van der Waals surface area contributed by atoms with Gasteiger partial charge in [0, 0.05) is 37.6 Å². The lowest BCUT2D eigenvalue weighted by molar-refractivity contribution is -0.138. The van der Waals surface area contributed by atoms with Crippen molar-refractivity contribution in [1.82, 2.24) is 20.5 Å². The minimum atomic E-state index is -0.908. The van der Waals surface area contributed by atoms with E-state index in [1.165, 1.54) is 12.1 Å². The van der Waals surface area contributed by atoms with Gasteiger partial charge in [-0.15, -0.1) is 0 Å². The monoisotopic (exact) mass is 367 g/mol. The van der Waals surface area contributed by atoms with Gasteiger partial charge in [0.2, 0.25) is 0 Å². The van der Waals surface area contributed by atoms with Gasteiger partial charge in [0.15, 0.2) is 5.82 Å². The van der Waals surface area contributed by atoms with Crippen LogP contribution in [0.3, 0.4) is 0 Å². The number of hydrogen-bond acceptors (Lipinski definition) is 5. The zero-order valence-electron chi connectivity index (χ0n) is 14.4. The molecule has 0 aliphatic carbocycles. The second kappa shape index (κ2) is 7.16. The highest BCUT2D eigenvalue weighted by molar-refractivity contribution is 5.91. The molecule has 4 rings (SSSR count).